The molecule has 4 aliphatic rings. The van der Waals surface area contributed by atoms with Crippen LogP contribution in [0.3, 0.4) is 0 Å². The lowest BCUT2D eigenvalue weighted by atomic mass is 9.57. The van der Waals surface area contributed by atoms with E-state index in [1.165, 1.54) is 18.2 Å². The Bertz CT molecular complexity index is 1200. The van der Waals surface area contributed by atoms with Crippen LogP contribution >= 0.6 is 0 Å². The number of piperidine rings is 2. The van der Waals surface area contributed by atoms with Crippen LogP contribution in [0.25, 0.3) is 0 Å². The minimum absolute atomic E-state index is 0.204. The molecule has 1 aromatic heterocycles. The summed E-state index contributed by atoms with van der Waals surface area (Å²) in [5, 5.41) is 13.9. The molecule has 0 bridgehead atoms. The zero-order chi connectivity index (χ0) is 29.0. The lowest BCUT2D eigenvalue weighted by molar-refractivity contribution is -0.146. The number of hydrogen-bond acceptors (Lipinski definition) is 7. The van der Waals surface area contributed by atoms with Gasteiger partial charge in [-0.2, -0.15) is 10.2 Å². The van der Waals surface area contributed by atoms with E-state index in [9.17, 15) is 13.6 Å². The lowest BCUT2D eigenvalue weighted by Crippen LogP contribution is -2.52. The number of nitrogens with one attached hydrogen (secondary N) is 2. The molecule has 2 atom stereocenters. The van der Waals surface area contributed by atoms with Crippen LogP contribution in [0.1, 0.15) is 45.4 Å². The van der Waals surface area contributed by atoms with Gasteiger partial charge in [0.2, 0.25) is 5.91 Å². The molecule has 220 valence electrons. The van der Waals surface area contributed by atoms with Crippen LogP contribution < -0.4 is 15.5 Å². The number of likely N-dealkylation sites (tertiary alicyclic amines) is 1. The van der Waals surface area contributed by atoms with Crippen LogP contribution in [0.4, 0.5) is 20.3 Å². The zero-order valence-corrected chi connectivity index (χ0v) is 23.9. The molecule has 0 aromatic carbocycles. The van der Waals surface area contributed by atoms with Crippen LogP contribution in [0, 0.1) is 17.3 Å². The number of pyridine rings is 1. The number of amides is 1. The Hall–Kier alpha value is -3.56. The molecule has 1 aromatic rings. The molecule has 2 N–H and O–H groups in total. The quantitative estimate of drug-likeness (QED) is 0.324. The normalized spacial score (nSPS) is 25.0. The molecule has 41 heavy (non-hydrogen) atoms. The predicted octanol–water partition coefficient (Wildman–Crippen LogP) is 5.04. The van der Waals surface area contributed by atoms with Gasteiger partial charge in [0.15, 0.2) is 12.3 Å². The molecule has 5 rings (SSSR count). The number of aromatic nitrogens is 1. The van der Waals surface area contributed by atoms with Gasteiger partial charge < -0.3 is 20.4 Å². The summed E-state index contributed by atoms with van der Waals surface area (Å²) in [5.41, 5.74) is 2.49. The number of allylic oxidation sites excluding steroid dienone is 3. The van der Waals surface area contributed by atoms with Gasteiger partial charge in [0.05, 0.1) is 24.1 Å². The maximum Gasteiger partial charge on any atom is 0.225 e. The molecule has 1 amide bonds. The molecule has 2 saturated heterocycles. The predicted molar refractivity (Wildman–Crippen MR) is 161 cm³/mol. The maximum absolute atomic E-state index is 13.6. The maximum atomic E-state index is 13.6. The fourth-order valence-electron chi connectivity index (χ4n) is 6.37. The van der Waals surface area contributed by atoms with Crippen molar-refractivity contribution >= 4 is 29.8 Å². The van der Waals surface area contributed by atoms with E-state index in [0.29, 0.717) is 28.4 Å². The first kappa shape index (κ1) is 29.0. The second-order valence-electron chi connectivity index (χ2n) is 12.0. The van der Waals surface area contributed by atoms with Gasteiger partial charge in [-0.3, -0.25) is 4.79 Å². The Kier molecular flexibility index (Phi) is 8.85. The molecule has 3 fully saturated rings. The molecule has 2 aliphatic carbocycles. The molecule has 0 radical (unpaired) electrons. The SMILES string of the molecule is C=N/N=C(\CNC1=CC(F)C(F)C=C1)C(=C)Nc1ccc(N2CCC3(CC2)CC(C(=O)N2CCC(C)CC2)C3)nc1. The largest absolute Gasteiger partial charge is 0.379 e. The Morgan fingerprint density at radius 3 is 2.51 bits per heavy atom. The Morgan fingerprint density at radius 2 is 1.88 bits per heavy atom. The number of halogens is 2. The number of carbonyl (C=O) groups is 1. The van der Waals surface area contributed by atoms with Crippen molar-refractivity contribution < 1.29 is 13.6 Å². The van der Waals surface area contributed by atoms with Crippen molar-refractivity contribution in [1.82, 2.24) is 15.2 Å². The summed E-state index contributed by atoms with van der Waals surface area (Å²) in [6.45, 7) is 13.7. The standard InChI is InChI=1S/C31H41F2N7O/c1-21-8-12-40(13-9-21)30(41)23-17-31(18-23)10-14-39(15-11-31)29-7-5-25(19-36-29)37-22(2)28(38-34-3)20-35-24-4-6-26(32)27(33)16-24/h4-7,16,19,21,23,26-27,35,37H,2-3,8-15,17-18,20H2,1H3/b38-28+. The van der Waals surface area contributed by atoms with E-state index in [-0.39, 0.29) is 12.5 Å². The van der Waals surface area contributed by atoms with Crippen LogP contribution in [0.2, 0.25) is 0 Å². The van der Waals surface area contributed by atoms with Crippen molar-refractivity contribution in [3.63, 3.8) is 0 Å². The second-order valence-corrected chi connectivity index (χ2v) is 12.0. The number of alkyl halides is 2. The van der Waals surface area contributed by atoms with Crippen molar-refractivity contribution in [3.8, 4) is 0 Å². The van der Waals surface area contributed by atoms with Gasteiger partial charge in [-0.15, -0.1) is 0 Å². The number of nitrogens with zero attached hydrogens (tertiary/aromatic N) is 5. The topological polar surface area (TPSA) is 85.2 Å². The van der Waals surface area contributed by atoms with Gasteiger partial charge >= 0.3 is 0 Å². The van der Waals surface area contributed by atoms with E-state index in [2.05, 4.69) is 55.8 Å². The van der Waals surface area contributed by atoms with Gasteiger partial charge in [-0.25, -0.2) is 13.8 Å². The summed E-state index contributed by atoms with van der Waals surface area (Å²) in [6.07, 6.45) is 8.83. The smallest absolute Gasteiger partial charge is 0.225 e. The average molecular weight is 566 g/mol. The van der Waals surface area contributed by atoms with E-state index in [0.717, 1.165) is 82.1 Å². The Balaban J connectivity index is 1.08. The van der Waals surface area contributed by atoms with Crippen LogP contribution in [-0.4, -0.2) is 73.3 Å². The van der Waals surface area contributed by atoms with Crippen molar-refractivity contribution in [1.29, 1.82) is 0 Å². The Morgan fingerprint density at radius 1 is 1.15 bits per heavy atom. The van der Waals surface area contributed by atoms with Gasteiger partial charge in [-0.05, 0) is 80.2 Å². The van der Waals surface area contributed by atoms with Crippen LogP contribution in [-0.2, 0) is 4.79 Å². The van der Waals surface area contributed by atoms with Crippen molar-refractivity contribution in [3.05, 3.63) is 54.5 Å². The van der Waals surface area contributed by atoms with Gasteiger partial charge in [0, 0.05) is 44.5 Å². The molecule has 3 heterocycles. The summed E-state index contributed by atoms with van der Waals surface area (Å²) >= 11 is 0. The van der Waals surface area contributed by atoms with E-state index < -0.39 is 12.3 Å². The Labute approximate surface area is 241 Å². The first-order chi connectivity index (χ1) is 19.7. The number of anilines is 2. The monoisotopic (exact) mass is 565 g/mol. The highest BCUT2D eigenvalue weighted by Gasteiger charge is 2.49. The molecule has 10 heteroatoms. The van der Waals surface area contributed by atoms with Crippen LogP contribution in [0.5, 0.6) is 0 Å². The number of hydrogen-bond donors (Lipinski definition) is 2. The zero-order valence-electron chi connectivity index (χ0n) is 23.9. The summed E-state index contributed by atoms with van der Waals surface area (Å²) in [6, 6.07) is 3.94. The van der Waals surface area contributed by atoms with E-state index in [1.54, 1.807) is 6.20 Å². The van der Waals surface area contributed by atoms with Crippen molar-refractivity contribution in [2.75, 3.05) is 42.9 Å². The third-order valence-corrected chi connectivity index (χ3v) is 9.10. The molecule has 8 nitrogen and oxygen atoms in total. The molecular weight excluding hydrogens is 524 g/mol. The highest BCUT2D eigenvalue weighted by molar-refractivity contribution is 6.03. The highest BCUT2D eigenvalue weighted by atomic mass is 19.2. The summed E-state index contributed by atoms with van der Waals surface area (Å²) < 4.78 is 27.0. The van der Waals surface area contributed by atoms with Crippen molar-refractivity contribution in [2.45, 2.75) is 57.8 Å². The van der Waals surface area contributed by atoms with Gasteiger partial charge in [0.1, 0.15) is 11.5 Å². The third-order valence-electron chi connectivity index (χ3n) is 9.10. The molecule has 1 saturated carbocycles. The van der Waals surface area contributed by atoms with E-state index in [1.807, 2.05) is 12.1 Å². The van der Waals surface area contributed by atoms with Crippen molar-refractivity contribution in [2.24, 2.45) is 27.5 Å². The summed E-state index contributed by atoms with van der Waals surface area (Å²) in [5.74, 6) is 2.26. The molecule has 1 spiro atoms. The van der Waals surface area contributed by atoms with E-state index in [4.69, 9.17) is 0 Å². The first-order valence-electron chi connectivity index (χ1n) is 14.7. The minimum atomic E-state index is -1.68. The molecule has 2 aliphatic heterocycles. The summed E-state index contributed by atoms with van der Waals surface area (Å²) in [7, 11) is 0. The number of carbonyl (C=O) groups excluding carboxylic acids is 1. The fourth-order valence-corrected chi connectivity index (χ4v) is 6.37. The fraction of sp³-hybridized carbons (Fsp3) is 0.548. The average Bonchev–Trinajstić information content (AvgIpc) is 2.96. The minimum Gasteiger partial charge on any atom is -0.379 e. The summed E-state index contributed by atoms with van der Waals surface area (Å²) in [4.78, 5) is 22.1. The van der Waals surface area contributed by atoms with Gasteiger partial charge in [-0.1, -0.05) is 13.5 Å². The number of rotatable bonds is 9. The third kappa shape index (κ3) is 6.85. The molecule has 2 unspecified atom stereocenters. The first-order valence-corrected chi connectivity index (χ1v) is 14.7. The highest BCUT2D eigenvalue weighted by Crippen LogP contribution is 2.53. The van der Waals surface area contributed by atoms with Gasteiger partial charge in [0.25, 0.3) is 0 Å². The second kappa shape index (κ2) is 12.5. The van der Waals surface area contributed by atoms with Crippen LogP contribution in [0.15, 0.2) is 64.7 Å². The molecular formula is C31H41F2N7O. The van der Waals surface area contributed by atoms with E-state index >= 15 is 0 Å². The lowest BCUT2D eigenvalue weighted by Gasteiger charge is -2.52.